The highest BCUT2D eigenvalue weighted by Crippen LogP contribution is 2.32. The number of allylic oxidation sites excluding steroid dienone is 5. The second-order valence-electron chi connectivity index (χ2n) is 5.19. The molecule has 1 heterocycles. The molecule has 2 aromatic carbocycles. The summed E-state index contributed by atoms with van der Waals surface area (Å²) >= 11 is 0. The van der Waals surface area contributed by atoms with Gasteiger partial charge in [-0.25, -0.2) is 0 Å². The summed E-state index contributed by atoms with van der Waals surface area (Å²) in [4.78, 5) is 0. The fourth-order valence-corrected chi connectivity index (χ4v) is 2.79. The standard InChI is InChI=1S/C20H19N/c1-4-6-9-16(5-2)21-19-11-8-7-10-17(19)18-14-15(3)12-13-20(18)21/h4-14H,2H2,1,3H3/b6-4-,16-9+. The summed E-state index contributed by atoms with van der Waals surface area (Å²) in [5.41, 5.74) is 4.80. The predicted molar refractivity (Wildman–Crippen MR) is 93.5 cm³/mol. The van der Waals surface area contributed by atoms with Gasteiger partial charge in [-0.15, -0.1) is 0 Å². The zero-order chi connectivity index (χ0) is 14.8. The van der Waals surface area contributed by atoms with Crippen LogP contribution < -0.4 is 0 Å². The van der Waals surface area contributed by atoms with E-state index in [2.05, 4.69) is 66.6 Å². The molecule has 0 unspecified atom stereocenters. The van der Waals surface area contributed by atoms with Crippen LogP contribution in [0, 0.1) is 6.92 Å². The van der Waals surface area contributed by atoms with E-state index in [0.29, 0.717) is 0 Å². The zero-order valence-electron chi connectivity index (χ0n) is 12.5. The normalized spacial score (nSPS) is 12.6. The Hall–Kier alpha value is -2.54. The lowest BCUT2D eigenvalue weighted by Crippen LogP contribution is -1.93. The molecule has 0 aliphatic rings. The number of nitrogens with zero attached hydrogens (tertiary/aromatic N) is 1. The summed E-state index contributed by atoms with van der Waals surface area (Å²) in [6, 6.07) is 15.1. The van der Waals surface area contributed by atoms with Gasteiger partial charge in [0.25, 0.3) is 0 Å². The van der Waals surface area contributed by atoms with Crippen molar-refractivity contribution in [2.24, 2.45) is 0 Å². The smallest absolute Gasteiger partial charge is 0.0541 e. The Morgan fingerprint density at radius 3 is 2.57 bits per heavy atom. The van der Waals surface area contributed by atoms with E-state index >= 15 is 0 Å². The Balaban J connectivity index is 2.46. The van der Waals surface area contributed by atoms with Crippen molar-refractivity contribution in [2.75, 3.05) is 0 Å². The summed E-state index contributed by atoms with van der Waals surface area (Å²) in [6.45, 7) is 8.13. The third-order valence-electron chi connectivity index (χ3n) is 3.75. The van der Waals surface area contributed by atoms with Crippen LogP contribution in [0.1, 0.15) is 12.5 Å². The molecule has 0 N–H and O–H groups in total. The molecule has 1 aromatic heterocycles. The summed E-state index contributed by atoms with van der Waals surface area (Å²) in [5, 5.41) is 2.57. The van der Waals surface area contributed by atoms with E-state index in [0.717, 1.165) is 5.70 Å². The molecule has 104 valence electrons. The highest BCUT2D eigenvalue weighted by atomic mass is 15.0. The van der Waals surface area contributed by atoms with Crippen molar-refractivity contribution in [3.05, 3.63) is 78.9 Å². The lowest BCUT2D eigenvalue weighted by atomic mass is 10.1. The van der Waals surface area contributed by atoms with Crippen LogP contribution in [0.25, 0.3) is 27.5 Å². The van der Waals surface area contributed by atoms with E-state index in [1.165, 1.54) is 27.4 Å². The maximum absolute atomic E-state index is 3.98. The summed E-state index contributed by atoms with van der Waals surface area (Å²) in [7, 11) is 0. The van der Waals surface area contributed by atoms with Crippen LogP contribution in [0.5, 0.6) is 0 Å². The van der Waals surface area contributed by atoms with Crippen molar-refractivity contribution < 1.29 is 0 Å². The Labute approximate surface area is 125 Å². The van der Waals surface area contributed by atoms with E-state index in [9.17, 15) is 0 Å². The van der Waals surface area contributed by atoms with Gasteiger partial charge < -0.3 is 4.57 Å². The first-order valence-electron chi connectivity index (χ1n) is 7.22. The van der Waals surface area contributed by atoms with Crippen molar-refractivity contribution in [3.8, 4) is 0 Å². The SMILES string of the molecule is C=C/C(=C\C=C/C)n1c2ccccc2c2cc(C)ccc21. The average Bonchev–Trinajstić information content (AvgIpc) is 2.83. The van der Waals surface area contributed by atoms with Crippen molar-refractivity contribution in [3.63, 3.8) is 0 Å². The van der Waals surface area contributed by atoms with Gasteiger partial charge in [-0.1, -0.05) is 48.6 Å². The highest BCUT2D eigenvalue weighted by molar-refractivity contribution is 6.10. The summed E-state index contributed by atoms with van der Waals surface area (Å²) < 4.78 is 2.27. The number of hydrogen-bond acceptors (Lipinski definition) is 0. The number of aromatic nitrogens is 1. The van der Waals surface area contributed by atoms with Gasteiger partial charge >= 0.3 is 0 Å². The topological polar surface area (TPSA) is 4.93 Å². The molecule has 0 bridgehead atoms. The van der Waals surface area contributed by atoms with E-state index in [4.69, 9.17) is 0 Å². The van der Waals surface area contributed by atoms with Crippen molar-refractivity contribution >= 4 is 27.5 Å². The number of benzene rings is 2. The molecule has 0 amide bonds. The second-order valence-corrected chi connectivity index (χ2v) is 5.19. The van der Waals surface area contributed by atoms with Gasteiger partial charge in [-0.3, -0.25) is 0 Å². The molecule has 3 rings (SSSR count). The minimum absolute atomic E-state index is 1.09. The van der Waals surface area contributed by atoms with Crippen LogP contribution in [0.3, 0.4) is 0 Å². The Morgan fingerprint density at radius 1 is 1.05 bits per heavy atom. The first-order valence-corrected chi connectivity index (χ1v) is 7.22. The monoisotopic (exact) mass is 273 g/mol. The van der Waals surface area contributed by atoms with Crippen LogP contribution in [0.4, 0.5) is 0 Å². The van der Waals surface area contributed by atoms with Crippen molar-refractivity contribution in [1.29, 1.82) is 0 Å². The molecule has 0 radical (unpaired) electrons. The van der Waals surface area contributed by atoms with Crippen LogP contribution in [0.2, 0.25) is 0 Å². The quantitative estimate of drug-likeness (QED) is 0.539. The van der Waals surface area contributed by atoms with Crippen molar-refractivity contribution in [2.45, 2.75) is 13.8 Å². The Morgan fingerprint density at radius 2 is 1.81 bits per heavy atom. The van der Waals surface area contributed by atoms with Gasteiger partial charge in [-0.05, 0) is 44.2 Å². The Bertz CT molecular complexity index is 875. The third-order valence-corrected chi connectivity index (χ3v) is 3.75. The number of aryl methyl sites for hydroxylation is 1. The van der Waals surface area contributed by atoms with Crippen LogP contribution in [-0.4, -0.2) is 4.57 Å². The fraction of sp³-hybridized carbons (Fsp3) is 0.100. The van der Waals surface area contributed by atoms with E-state index in [-0.39, 0.29) is 0 Å². The lowest BCUT2D eigenvalue weighted by Gasteiger charge is -2.08. The minimum atomic E-state index is 1.09. The summed E-state index contributed by atoms with van der Waals surface area (Å²) in [5.74, 6) is 0. The van der Waals surface area contributed by atoms with E-state index in [1.807, 2.05) is 25.2 Å². The maximum atomic E-state index is 3.98. The molecule has 21 heavy (non-hydrogen) atoms. The van der Waals surface area contributed by atoms with E-state index < -0.39 is 0 Å². The van der Waals surface area contributed by atoms with Crippen LogP contribution in [-0.2, 0) is 0 Å². The van der Waals surface area contributed by atoms with Crippen molar-refractivity contribution in [1.82, 2.24) is 4.57 Å². The van der Waals surface area contributed by atoms with Gasteiger partial charge in [0.1, 0.15) is 0 Å². The van der Waals surface area contributed by atoms with Gasteiger partial charge in [0, 0.05) is 16.5 Å². The molecule has 3 aromatic rings. The van der Waals surface area contributed by atoms with Crippen LogP contribution in [0.15, 0.2) is 73.3 Å². The first kappa shape index (κ1) is 13.4. The minimum Gasteiger partial charge on any atom is -0.309 e. The van der Waals surface area contributed by atoms with Gasteiger partial charge in [0.2, 0.25) is 0 Å². The van der Waals surface area contributed by atoms with Gasteiger partial charge in [0.05, 0.1) is 11.0 Å². The molecule has 1 heteroatoms. The lowest BCUT2D eigenvalue weighted by molar-refractivity contribution is 1.24. The molecule has 0 saturated heterocycles. The van der Waals surface area contributed by atoms with Gasteiger partial charge in [0.15, 0.2) is 0 Å². The molecule has 0 spiro atoms. The molecular weight excluding hydrogens is 254 g/mol. The summed E-state index contributed by atoms with van der Waals surface area (Å²) in [6.07, 6.45) is 8.08. The number of hydrogen-bond donors (Lipinski definition) is 0. The predicted octanol–water partition coefficient (Wildman–Crippen LogP) is 5.71. The largest absolute Gasteiger partial charge is 0.309 e. The molecule has 0 atom stereocenters. The maximum Gasteiger partial charge on any atom is 0.0541 e. The average molecular weight is 273 g/mol. The highest BCUT2D eigenvalue weighted by Gasteiger charge is 2.11. The van der Waals surface area contributed by atoms with Gasteiger partial charge in [-0.2, -0.15) is 0 Å². The third kappa shape index (κ3) is 2.21. The molecule has 1 nitrogen and oxygen atoms in total. The second kappa shape index (κ2) is 5.45. The number of para-hydroxylation sites is 1. The van der Waals surface area contributed by atoms with E-state index in [1.54, 1.807) is 0 Å². The number of fused-ring (bicyclic) bond motifs is 3. The first-order chi connectivity index (χ1) is 10.3. The van der Waals surface area contributed by atoms with Crippen LogP contribution >= 0.6 is 0 Å². The molecule has 0 aliphatic heterocycles. The number of rotatable bonds is 3. The molecule has 0 fully saturated rings. The molecular formula is C20H19N. The molecule has 0 saturated carbocycles. The zero-order valence-corrected chi connectivity index (χ0v) is 12.5. The Kier molecular flexibility index (Phi) is 3.49. The molecule has 0 aliphatic carbocycles. The fourth-order valence-electron chi connectivity index (χ4n) is 2.79.